The molecular weight excluding hydrogens is 480 g/mol. The number of rotatable bonds is 7. The van der Waals surface area contributed by atoms with Crippen LogP contribution in [-0.2, 0) is 9.59 Å². The van der Waals surface area contributed by atoms with Gasteiger partial charge in [0.05, 0.1) is 28.3 Å². The van der Waals surface area contributed by atoms with Crippen molar-refractivity contribution in [2.45, 2.75) is 26.7 Å². The quantitative estimate of drug-likeness (QED) is 0.363. The van der Waals surface area contributed by atoms with Crippen molar-refractivity contribution < 1.29 is 9.59 Å². The summed E-state index contributed by atoms with van der Waals surface area (Å²) in [5, 5.41) is 19.9. The van der Waals surface area contributed by atoms with E-state index in [-0.39, 0.29) is 17.6 Å². The predicted octanol–water partition coefficient (Wildman–Crippen LogP) is 6.01. The highest BCUT2D eigenvalue weighted by Gasteiger charge is 2.34. The van der Waals surface area contributed by atoms with Gasteiger partial charge in [0.2, 0.25) is 5.91 Å². The molecule has 186 valence electrons. The van der Waals surface area contributed by atoms with Crippen molar-refractivity contribution in [1.29, 1.82) is 5.26 Å². The molecule has 1 aliphatic heterocycles. The van der Waals surface area contributed by atoms with Gasteiger partial charge in [-0.3, -0.25) is 9.59 Å². The Labute approximate surface area is 221 Å². The van der Waals surface area contributed by atoms with Crippen molar-refractivity contribution in [3.8, 4) is 6.07 Å². The van der Waals surface area contributed by atoms with Gasteiger partial charge in [-0.2, -0.15) is 5.26 Å². The van der Waals surface area contributed by atoms with Gasteiger partial charge in [-0.05, 0) is 55.7 Å². The molecule has 0 aromatic heterocycles. The maximum Gasteiger partial charge on any atom is 0.254 e. The first kappa shape index (κ1) is 25.8. The van der Waals surface area contributed by atoms with Crippen molar-refractivity contribution in [3.05, 3.63) is 117 Å². The van der Waals surface area contributed by atoms with Gasteiger partial charge < -0.3 is 16.0 Å². The zero-order valence-electron chi connectivity index (χ0n) is 21.0. The van der Waals surface area contributed by atoms with Crippen LogP contribution in [0.1, 0.15) is 29.5 Å². The molecule has 3 aromatic rings. The van der Waals surface area contributed by atoms with Crippen LogP contribution in [0.2, 0.25) is 0 Å². The monoisotopic (exact) mass is 508 g/mol. The van der Waals surface area contributed by atoms with Crippen LogP contribution in [-0.4, -0.2) is 17.6 Å². The maximum absolute atomic E-state index is 13.4. The summed E-state index contributed by atoms with van der Waals surface area (Å²) in [6.07, 6.45) is 0. The number of allylic oxidation sites excluding steroid dienone is 2. The number of nitrogens with one attached hydrogen (secondary N) is 3. The van der Waals surface area contributed by atoms with Gasteiger partial charge in [0.15, 0.2) is 0 Å². The first-order valence-corrected chi connectivity index (χ1v) is 12.9. The van der Waals surface area contributed by atoms with Crippen LogP contribution in [0.3, 0.4) is 0 Å². The summed E-state index contributed by atoms with van der Waals surface area (Å²) in [4.78, 5) is 26.2. The van der Waals surface area contributed by atoms with Crippen LogP contribution in [0, 0.1) is 25.2 Å². The maximum atomic E-state index is 13.4. The summed E-state index contributed by atoms with van der Waals surface area (Å²) in [7, 11) is 0. The van der Waals surface area contributed by atoms with E-state index in [0.717, 1.165) is 22.4 Å². The summed E-state index contributed by atoms with van der Waals surface area (Å²) in [5.74, 6) is -0.910. The molecule has 0 spiro atoms. The van der Waals surface area contributed by atoms with Crippen molar-refractivity contribution in [2.24, 2.45) is 0 Å². The molecule has 7 heteroatoms. The molecule has 0 unspecified atom stereocenters. The normalized spacial score (nSPS) is 15.0. The average molecular weight is 509 g/mol. The van der Waals surface area contributed by atoms with Crippen LogP contribution in [0.4, 0.5) is 11.4 Å². The Morgan fingerprint density at radius 1 is 0.946 bits per heavy atom. The fourth-order valence-corrected chi connectivity index (χ4v) is 5.11. The summed E-state index contributed by atoms with van der Waals surface area (Å²) >= 11 is 1.26. The SMILES string of the molecule is CC1=C(C(=O)Nc2ccccc2)[C@H](c2ccccc2)C(C#N)=C(SCC(=O)Nc2cc(C)ccc2C)N1. The Kier molecular flexibility index (Phi) is 8.11. The molecule has 0 saturated carbocycles. The Bertz CT molecular complexity index is 1420. The number of dihydropyridines is 1. The molecule has 6 nitrogen and oxygen atoms in total. The molecule has 0 fully saturated rings. The summed E-state index contributed by atoms with van der Waals surface area (Å²) < 4.78 is 0. The molecule has 37 heavy (non-hydrogen) atoms. The van der Waals surface area contributed by atoms with E-state index >= 15 is 0 Å². The summed E-state index contributed by atoms with van der Waals surface area (Å²) in [5.41, 5.74) is 5.82. The summed E-state index contributed by atoms with van der Waals surface area (Å²) in [6.45, 7) is 5.74. The number of carbonyl (C=O) groups is 2. The first-order valence-electron chi connectivity index (χ1n) is 11.9. The van der Waals surface area contributed by atoms with Crippen LogP contribution in [0.5, 0.6) is 0 Å². The second-order valence-electron chi connectivity index (χ2n) is 8.84. The van der Waals surface area contributed by atoms with Crippen molar-refractivity contribution in [1.82, 2.24) is 5.32 Å². The molecule has 3 aromatic carbocycles. The van der Waals surface area contributed by atoms with Gasteiger partial charge >= 0.3 is 0 Å². The third kappa shape index (κ3) is 6.11. The van der Waals surface area contributed by atoms with Gasteiger partial charge in [-0.25, -0.2) is 0 Å². The zero-order chi connectivity index (χ0) is 26.4. The average Bonchev–Trinajstić information content (AvgIpc) is 2.90. The number of anilines is 2. The van der Waals surface area contributed by atoms with E-state index in [2.05, 4.69) is 22.0 Å². The van der Waals surface area contributed by atoms with E-state index in [1.165, 1.54) is 11.8 Å². The Morgan fingerprint density at radius 3 is 2.30 bits per heavy atom. The van der Waals surface area contributed by atoms with Gasteiger partial charge in [0.25, 0.3) is 5.91 Å². The highest BCUT2D eigenvalue weighted by Crippen LogP contribution is 2.41. The molecule has 1 heterocycles. The zero-order valence-corrected chi connectivity index (χ0v) is 21.8. The molecule has 1 aliphatic rings. The van der Waals surface area contributed by atoms with E-state index in [1.54, 1.807) is 0 Å². The molecule has 0 aliphatic carbocycles. The second-order valence-corrected chi connectivity index (χ2v) is 9.82. The first-order chi connectivity index (χ1) is 17.9. The molecule has 0 bridgehead atoms. The van der Waals surface area contributed by atoms with Crippen LogP contribution >= 0.6 is 11.8 Å². The lowest BCUT2D eigenvalue weighted by atomic mass is 9.82. The highest BCUT2D eigenvalue weighted by atomic mass is 32.2. The van der Waals surface area contributed by atoms with Gasteiger partial charge in [-0.1, -0.05) is 72.4 Å². The smallest absolute Gasteiger partial charge is 0.254 e. The van der Waals surface area contributed by atoms with Crippen LogP contribution in [0.25, 0.3) is 0 Å². The minimum atomic E-state index is -0.569. The molecule has 2 amide bonds. The fourth-order valence-electron chi connectivity index (χ4n) is 4.22. The highest BCUT2D eigenvalue weighted by molar-refractivity contribution is 8.03. The molecule has 3 N–H and O–H groups in total. The molecule has 0 saturated heterocycles. The number of carbonyl (C=O) groups excluding carboxylic acids is 2. The van der Waals surface area contributed by atoms with E-state index < -0.39 is 5.92 Å². The van der Waals surface area contributed by atoms with Crippen LogP contribution in [0.15, 0.2) is 101 Å². The van der Waals surface area contributed by atoms with E-state index in [9.17, 15) is 14.9 Å². The number of hydrogen-bond acceptors (Lipinski definition) is 5. The minimum Gasteiger partial charge on any atom is -0.353 e. The number of thioether (sulfide) groups is 1. The molecule has 0 radical (unpaired) electrons. The van der Waals surface area contributed by atoms with Crippen LogP contribution < -0.4 is 16.0 Å². The lowest BCUT2D eigenvalue weighted by molar-refractivity contribution is -0.114. The summed E-state index contributed by atoms with van der Waals surface area (Å²) in [6, 6.07) is 26.9. The standard InChI is InChI=1S/C30H28N4O2S/c1-19-14-15-20(2)25(16-19)34-26(35)18-37-30-24(17-31)28(22-10-6-4-7-11-22)27(21(3)32-30)29(36)33-23-12-8-5-9-13-23/h4-16,28,32H,18H2,1-3H3,(H,33,36)(H,34,35)/t28-/m1/s1. The second kappa shape index (κ2) is 11.6. The number of hydrogen-bond donors (Lipinski definition) is 3. The Balaban J connectivity index is 1.61. The van der Waals surface area contributed by atoms with E-state index in [0.29, 0.717) is 27.6 Å². The third-order valence-corrected chi connectivity index (χ3v) is 7.09. The number of para-hydroxylation sites is 1. The van der Waals surface area contributed by atoms with Crippen molar-refractivity contribution in [3.63, 3.8) is 0 Å². The van der Waals surface area contributed by atoms with Gasteiger partial charge in [-0.15, -0.1) is 0 Å². The van der Waals surface area contributed by atoms with Gasteiger partial charge in [0, 0.05) is 22.6 Å². The number of nitriles is 1. The number of nitrogens with zero attached hydrogens (tertiary/aromatic N) is 1. The Morgan fingerprint density at radius 2 is 1.62 bits per heavy atom. The predicted molar refractivity (Wildman–Crippen MR) is 150 cm³/mol. The largest absolute Gasteiger partial charge is 0.353 e. The van der Waals surface area contributed by atoms with Gasteiger partial charge in [0.1, 0.15) is 0 Å². The molecular formula is C30H28N4O2S. The Hall–Kier alpha value is -4.28. The van der Waals surface area contributed by atoms with Crippen molar-refractivity contribution >= 4 is 35.0 Å². The lowest BCUT2D eigenvalue weighted by Gasteiger charge is -2.30. The fraction of sp³-hybridized carbons (Fsp3) is 0.167. The lowest BCUT2D eigenvalue weighted by Crippen LogP contribution is -2.31. The number of amides is 2. The number of aryl methyl sites for hydroxylation is 2. The number of benzene rings is 3. The third-order valence-electron chi connectivity index (χ3n) is 6.07. The van der Waals surface area contributed by atoms with E-state index in [1.807, 2.05) is 99.6 Å². The van der Waals surface area contributed by atoms with Crippen molar-refractivity contribution in [2.75, 3.05) is 16.4 Å². The molecule has 1 atom stereocenters. The molecule has 4 rings (SSSR count). The minimum absolute atomic E-state index is 0.112. The van der Waals surface area contributed by atoms with E-state index in [4.69, 9.17) is 0 Å². The topological polar surface area (TPSA) is 94.0 Å².